The van der Waals surface area contributed by atoms with Gasteiger partial charge in [-0.25, -0.2) is 9.78 Å². The predicted molar refractivity (Wildman–Crippen MR) is 132 cm³/mol. The average Bonchev–Trinajstić information content (AvgIpc) is 2.88. The van der Waals surface area contributed by atoms with Gasteiger partial charge >= 0.3 is 5.97 Å². The molecular weight excluding hydrogens is 452 g/mol. The molecule has 0 radical (unpaired) electrons. The van der Waals surface area contributed by atoms with Crippen LogP contribution in [0.3, 0.4) is 0 Å². The van der Waals surface area contributed by atoms with E-state index in [1.54, 1.807) is 0 Å². The third kappa shape index (κ3) is 5.90. The normalized spacial score (nSPS) is 11.8. The molecule has 1 atom stereocenters. The Morgan fingerprint density at radius 2 is 1.59 bits per heavy atom. The van der Waals surface area contributed by atoms with Crippen LogP contribution in [0, 0.1) is 0 Å². The van der Waals surface area contributed by atoms with Gasteiger partial charge in [-0.2, -0.15) is 4.98 Å². The van der Waals surface area contributed by atoms with Crippen molar-refractivity contribution in [2.24, 2.45) is 0 Å². The number of unbranched alkanes of at least 4 members (excludes halogenated alkanes) is 1. The highest BCUT2D eigenvalue weighted by Gasteiger charge is 2.21. The van der Waals surface area contributed by atoms with E-state index >= 15 is 0 Å². The van der Waals surface area contributed by atoms with Gasteiger partial charge in [0, 0.05) is 17.2 Å². The van der Waals surface area contributed by atoms with Crippen molar-refractivity contribution < 1.29 is 19.0 Å². The first kappa shape index (κ1) is 23.7. The number of aromatic nitrogens is 2. The third-order valence-electron chi connectivity index (χ3n) is 5.25. The molecule has 4 aromatic rings. The smallest absolute Gasteiger partial charge is 0.339 e. The summed E-state index contributed by atoms with van der Waals surface area (Å²) in [5.74, 6) is 0.704. The second kappa shape index (κ2) is 11.6. The van der Waals surface area contributed by atoms with E-state index in [9.17, 15) is 4.79 Å². The summed E-state index contributed by atoms with van der Waals surface area (Å²) in [7, 11) is 1.36. The first-order chi connectivity index (χ1) is 16.7. The summed E-state index contributed by atoms with van der Waals surface area (Å²) in [4.78, 5) is 21.4. The van der Waals surface area contributed by atoms with Gasteiger partial charge in [0.25, 0.3) is 0 Å². The van der Waals surface area contributed by atoms with Crippen molar-refractivity contribution in [2.45, 2.75) is 18.9 Å². The average molecular weight is 477 g/mol. The van der Waals surface area contributed by atoms with Gasteiger partial charge in [0.15, 0.2) is 11.9 Å². The Kier molecular flexibility index (Phi) is 8.07. The first-order valence-electron chi connectivity index (χ1n) is 11.1. The summed E-state index contributed by atoms with van der Waals surface area (Å²) >= 11 is 6.01. The molecule has 34 heavy (non-hydrogen) atoms. The number of carbonyl (C=O) groups excluding carboxylic acids is 1. The second-order valence-electron chi connectivity index (χ2n) is 7.62. The Morgan fingerprint density at radius 3 is 2.35 bits per heavy atom. The van der Waals surface area contributed by atoms with Gasteiger partial charge in [-0.05, 0) is 54.8 Å². The van der Waals surface area contributed by atoms with Gasteiger partial charge in [0.2, 0.25) is 5.88 Å². The fourth-order valence-corrected chi connectivity index (χ4v) is 3.62. The maximum atomic E-state index is 12.1. The zero-order valence-electron chi connectivity index (χ0n) is 18.8. The molecule has 0 aliphatic heterocycles. The molecule has 1 unspecified atom stereocenters. The number of ether oxygens (including phenoxy) is 3. The number of halogens is 1. The Balaban J connectivity index is 1.37. The molecule has 0 bridgehead atoms. The van der Waals surface area contributed by atoms with Crippen LogP contribution in [0.2, 0.25) is 5.02 Å². The van der Waals surface area contributed by atoms with Crippen LogP contribution in [0.25, 0.3) is 22.3 Å². The Labute approximate surface area is 203 Å². The standard InChI is InChI=1S/C27H25ClN2O4/c1-32-27(31)24(19-9-3-2-4-10-19)33-17-7-8-18-34-26-22-11-5-6-12-23(22)29-25(30-26)20-13-15-21(28)16-14-20/h2-6,9-16,24H,7-8,17-18H2,1H3. The van der Waals surface area contributed by atoms with E-state index in [1.165, 1.54) is 7.11 Å². The summed E-state index contributed by atoms with van der Waals surface area (Å²) in [5, 5.41) is 1.51. The van der Waals surface area contributed by atoms with Crippen LogP contribution in [0.15, 0.2) is 78.9 Å². The van der Waals surface area contributed by atoms with Gasteiger partial charge in [-0.3, -0.25) is 0 Å². The van der Waals surface area contributed by atoms with Crippen molar-refractivity contribution in [1.29, 1.82) is 0 Å². The van der Waals surface area contributed by atoms with E-state index < -0.39 is 12.1 Å². The number of hydrogen-bond acceptors (Lipinski definition) is 6. The number of methoxy groups -OCH3 is 1. The molecule has 7 heteroatoms. The van der Waals surface area contributed by atoms with Crippen LogP contribution in [0.4, 0.5) is 0 Å². The van der Waals surface area contributed by atoms with E-state index in [1.807, 2.05) is 78.9 Å². The van der Waals surface area contributed by atoms with Crippen LogP contribution in [-0.2, 0) is 14.3 Å². The van der Waals surface area contributed by atoms with Crippen molar-refractivity contribution in [3.63, 3.8) is 0 Å². The van der Waals surface area contributed by atoms with Crippen molar-refractivity contribution in [1.82, 2.24) is 9.97 Å². The summed E-state index contributed by atoms with van der Waals surface area (Å²) in [5.41, 5.74) is 2.44. The van der Waals surface area contributed by atoms with Crippen LogP contribution >= 0.6 is 11.6 Å². The van der Waals surface area contributed by atoms with Crippen molar-refractivity contribution in [3.8, 4) is 17.3 Å². The Morgan fingerprint density at radius 1 is 0.882 bits per heavy atom. The molecule has 1 aromatic heterocycles. The summed E-state index contributed by atoms with van der Waals surface area (Å²) in [6, 6.07) is 24.5. The fourth-order valence-electron chi connectivity index (χ4n) is 3.49. The van der Waals surface area contributed by atoms with Crippen molar-refractivity contribution >= 4 is 28.5 Å². The highest BCUT2D eigenvalue weighted by molar-refractivity contribution is 6.30. The van der Waals surface area contributed by atoms with Gasteiger partial charge in [0.05, 0.1) is 24.6 Å². The van der Waals surface area contributed by atoms with Crippen LogP contribution < -0.4 is 4.74 Å². The second-order valence-corrected chi connectivity index (χ2v) is 8.05. The zero-order chi connectivity index (χ0) is 23.8. The minimum atomic E-state index is -0.736. The summed E-state index contributed by atoms with van der Waals surface area (Å²) < 4.78 is 16.8. The molecule has 0 saturated carbocycles. The highest BCUT2D eigenvalue weighted by Crippen LogP contribution is 2.27. The van der Waals surface area contributed by atoms with E-state index in [-0.39, 0.29) is 0 Å². The SMILES string of the molecule is COC(=O)C(OCCCCOc1nc(-c2ccc(Cl)cc2)nc2ccccc12)c1ccccc1. The molecule has 0 aliphatic rings. The van der Waals surface area contributed by atoms with Gasteiger partial charge < -0.3 is 14.2 Å². The van der Waals surface area contributed by atoms with Gasteiger partial charge in [0.1, 0.15) is 0 Å². The lowest BCUT2D eigenvalue weighted by atomic mass is 10.1. The molecule has 0 aliphatic carbocycles. The van der Waals surface area contributed by atoms with Gasteiger partial charge in [-0.1, -0.05) is 54.1 Å². The largest absolute Gasteiger partial charge is 0.477 e. The number of hydrogen-bond donors (Lipinski definition) is 0. The highest BCUT2D eigenvalue weighted by atomic mass is 35.5. The number of esters is 1. The first-order valence-corrected chi connectivity index (χ1v) is 11.4. The Hall–Kier alpha value is -3.48. The van der Waals surface area contributed by atoms with E-state index in [4.69, 9.17) is 25.8 Å². The van der Waals surface area contributed by atoms with E-state index in [0.717, 1.165) is 28.5 Å². The molecule has 6 nitrogen and oxygen atoms in total. The molecule has 3 aromatic carbocycles. The molecular formula is C27H25ClN2O4. The monoisotopic (exact) mass is 476 g/mol. The molecule has 174 valence electrons. The topological polar surface area (TPSA) is 70.5 Å². The summed E-state index contributed by atoms with van der Waals surface area (Å²) in [6.45, 7) is 0.858. The number of benzene rings is 3. The lowest BCUT2D eigenvalue weighted by molar-refractivity contribution is -0.154. The minimum absolute atomic E-state index is 0.401. The maximum Gasteiger partial charge on any atom is 0.339 e. The Bertz CT molecular complexity index is 1230. The lowest BCUT2D eigenvalue weighted by Gasteiger charge is -2.16. The molecule has 0 N–H and O–H groups in total. The van der Waals surface area contributed by atoms with Crippen molar-refractivity contribution in [2.75, 3.05) is 20.3 Å². The van der Waals surface area contributed by atoms with Gasteiger partial charge in [-0.15, -0.1) is 0 Å². The maximum absolute atomic E-state index is 12.1. The number of fused-ring (bicyclic) bond motifs is 1. The molecule has 0 spiro atoms. The van der Waals surface area contributed by atoms with Crippen molar-refractivity contribution in [3.05, 3.63) is 89.4 Å². The molecule has 4 rings (SSSR count). The fraction of sp³-hybridized carbons (Fsp3) is 0.222. The zero-order valence-corrected chi connectivity index (χ0v) is 19.6. The number of para-hydroxylation sites is 1. The summed E-state index contributed by atoms with van der Waals surface area (Å²) in [6.07, 6.45) is 0.713. The molecule has 0 fully saturated rings. The van der Waals surface area contributed by atoms with Crippen LogP contribution in [0.5, 0.6) is 5.88 Å². The molecule has 0 saturated heterocycles. The number of rotatable bonds is 10. The van der Waals surface area contributed by atoms with E-state index in [0.29, 0.717) is 36.4 Å². The predicted octanol–water partition coefficient (Wildman–Crippen LogP) is 6.04. The minimum Gasteiger partial charge on any atom is -0.477 e. The molecule has 0 amide bonds. The lowest BCUT2D eigenvalue weighted by Crippen LogP contribution is -2.18. The van der Waals surface area contributed by atoms with E-state index in [2.05, 4.69) is 9.97 Å². The number of carbonyl (C=O) groups is 1. The number of nitrogens with zero attached hydrogens (tertiary/aromatic N) is 2. The van der Waals surface area contributed by atoms with Crippen LogP contribution in [-0.4, -0.2) is 36.3 Å². The third-order valence-corrected chi connectivity index (χ3v) is 5.50. The molecule has 1 heterocycles. The van der Waals surface area contributed by atoms with Crippen LogP contribution in [0.1, 0.15) is 24.5 Å². The quantitative estimate of drug-likeness (QED) is 0.205.